The van der Waals surface area contributed by atoms with Gasteiger partial charge in [0.05, 0.1) is 17.8 Å². The molecule has 2 rings (SSSR count). The van der Waals surface area contributed by atoms with Crippen LogP contribution in [0.15, 0.2) is 36.4 Å². The topological polar surface area (TPSA) is 78.4 Å². The summed E-state index contributed by atoms with van der Waals surface area (Å²) in [5.74, 6) is -0.815. The van der Waals surface area contributed by atoms with Crippen LogP contribution in [0.2, 0.25) is 10.0 Å². The van der Waals surface area contributed by atoms with Gasteiger partial charge in [-0.05, 0) is 42.7 Å². The van der Waals surface area contributed by atoms with Crippen LogP contribution in [-0.4, -0.2) is 16.9 Å². The van der Waals surface area contributed by atoms with Gasteiger partial charge in [-0.15, -0.1) is 0 Å². The van der Waals surface area contributed by atoms with Crippen LogP contribution in [0.1, 0.15) is 45.1 Å². The summed E-state index contributed by atoms with van der Waals surface area (Å²) in [7, 11) is 0. The van der Waals surface area contributed by atoms with Crippen molar-refractivity contribution in [3.63, 3.8) is 0 Å². The third kappa shape index (κ3) is 6.65. The van der Waals surface area contributed by atoms with E-state index in [-0.39, 0.29) is 40.6 Å². The van der Waals surface area contributed by atoms with Crippen molar-refractivity contribution in [2.45, 2.75) is 46.0 Å². The van der Waals surface area contributed by atoms with Crippen LogP contribution in [0.5, 0.6) is 5.75 Å². The van der Waals surface area contributed by atoms with E-state index in [0.717, 1.165) is 31.2 Å². The molecule has 0 aliphatic carbocycles. The van der Waals surface area contributed by atoms with Crippen LogP contribution < -0.4 is 10.6 Å². The molecular formula is C22H26Cl2N2O3. The quantitative estimate of drug-likeness (QED) is 0.419. The summed E-state index contributed by atoms with van der Waals surface area (Å²) < 4.78 is 0. The number of phenolic OH excluding ortho intramolecular Hbond substituents is 1. The minimum Gasteiger partial charge on any atom is -0.504 e. The van der Waals surface area contributed by atoms with Crippen LogP contribution in [0, 0.1) is 5.92 Å². The molecule has 0 aliphatic heterocycles. The van der Waals surface area contributed by atoms with Crippen molar-refractivity contribution in [3.05, 3.63) is 52.0 Å². The molecule has 1 unspecified atom stereocenters. The number of aromatic hydroxyl groups is 1. The van der Waals surface area contributed by atoms with Crippen LogP contribution in [0.25, 0.3) is 0 Å². The SMILES string of the molecule is CCCCC(CC)C(=O)Nc1ccc(NC(=O)Cc2ccc(Cl)cc2)c(O)c1Cl. The van der Waals surface area contributed by atoms with E-state index in [0.29, 0.717) is 10.7 Å². The first-order valence-electron chi connectivity index (χ1n) is 9.72. The van der Waals surface area contributed by atoms with Gasteiger partial charge in [-0.1, -0.05) is 62.0 Å². The number of amides is 2. The van der Waals surface area contributed by atoms with E-state index in [9.17, 15) is 14.7 Å². The minimum absolute atomic E-state index is 0.00649. The third-order valence-corrected chi connectivity index (χ3v) is 5.33. The predicted octanol–water partition coefficient (Wildman–Crippen LogP) is 6.04. The first kappa shape index (κ1) is 23.0. The van der Waals surface area contributed by atoms with Crippen LogP contribution in [-0.2, 0) is 16.0 Å². The van der Waals surface area contributed by atoms with Gasteiger partial charge in [0.1, 0.15) is 5.02 Å². The fourth-order valence-electron chi connectivity index (χ4n) is 2.95. The molecule has 0 heterocycles. The predicted molar refractivity (Wildman–Crippen MR) is 119 cm³/mol. The second-order valence-electron chi connectivity index (χ2n) is 6.91. The summed E-state index contributed by atoms with van der Waals surface area (Å²) in [6.45, 7) is 4.05. The van der Waals surface area contributed by atoms with Crippen LogP contribution in [0.3, 0.4) is 0 Å². The average molecular weight is 437 g/mol. The molecule has 29 heavy (non-hydrogen) atoms. The Bertz CT molecular complexity index is 854. The Morgan fingerprint density at radius 3 is 2.28 bits per heavy atom. The van der Waals surface area contributed by atoms with E-state index in [1.165, 1.54) is 6.07 Å². The smallest absolute Gasteiger partial charge is 0.228 e. The Hall–Kier alpha value is -2.24. The molecule has 0 bridgehead atoms. The monoisotopic (exact) mass is 436 g/mol. The van der Waals surface area contributed by atoms with Crippen molar-refractivity contribution in [2.75, 3.05) is 10.6 Å². The zero-order valence-corrected chi connectivity index (χ0v) is 18.1. The van der Waals surface area contributed by atoms with Crippen molar-refractivity contribution in [2.24, 2.45) is 5.92 Å². The van der Waals surface area contributed by atoms with E-state index in [2.05, 4.69) is 17.6 Å². The van der Waals surface area contributed by atoms with Crippen molar-refractivity contribution < 1.29 is 14.7 Å². The number of carbonyl (C=O) groups excluding carboxylic acids is 2. The largest absolute Gasteiger partial charge is 0.504 e. The zero-order chi connectivity index (χ0) is 21.4. The number of rotatable bonds is 9. The van der Waals surface area contributed by atoms with Gasteiger partial charge >= 0.3 is 0 Å². The second kappa shape index (κ2) is 11.1. The standard InChI is InChI=1S/C22H26Cl2N2O3/c1-3-5-6-15(4-2)22(29)26-17-11-12-18(21(28)20(17)24)25-19(27)13-14-7-9-16(23)10-8-14/h7-12,15,28H,3-6,13H2,1-2H3,(H,25,27)(H,26,29). The van der Waals surface area contributed by atoms with Crippen LogP contribution in [0.4, 0.5) is 11.4 Å². The highest BCUT2D eigenvalue weighted by Crippen LogP contribution is 2.38. The average Bonchev–Trinajstić information content (AvgIpc) is 2.70. The molecule has 2 aromatic rings. The third-order valence-electron chi connectivity index (χ3n) is 4.70. The number of carbonyl (C=O) groups is 2. The lowest BCUT2D eigenvalue weighted by Crippen LogP contribution is -2.22. The first-order valence-corrected chi connectivity index (χ1v) is 10.5. The molecule has 1 atom stereocenters. The molecule has 7 heteroatoms. The number of nitrogens with one attached hydrogen (secondary N) is 2. The highest BCUT2D eigenvalue weighted by Gasteiger charge is 2.19. The summed E-state index contributed by atoms with van der Waals surface area (Å²) in [6.07, 6.45) is 3.66. The Morgan fingerprint density at radius 2 is 1.66 bits per heavy atom. The first-order chi connectivity index (χ1) is 13.8. The molecule has 156 valence electrons. The van der Waals surface area contributed by atoms with Crippen LogP contribution >= 0.6 is 23.2 Å². The lowest BCUT2D eigenvalue weighted by Gasteiger charge is -2.17. The highest BCUT2D eigenvalue weighted by atomic mass is 35.5. The number of hydrogen-bond acceptors (Lipinski definition) is 3. The van der Waals surface area contributed by atoms with E-state index in [4.69, 9.17) is 23.2 Å². The zero-order valence-electron chi connectivity index (χ0n) is 16.6. The number of unbranched alkanes of at least 4 members (excludes halogenated alkanes) is 1. The normalized spacial score (nSPS) is 11.7. The molecule has 0 aliphatic rings. The number of hydrogen-bond donors (Lipinski definition) is 3. The Balaban J connectivity index is 2.05. The Kier molecular flexibility index (Phi) is 8.80. The number of benzene rings is 2. The summed E-state index contributed by atoms with van der Waals surface area (Å²) in [5, 5.41) is 16.4. The number of phenols is 1. The molecule has 0 fully saturated rings. The molecule has 2 amide bonds. The van der Waals surface area contributed by atoms with Gasteiger partial charge in [0.15, 0.2) is 5.75 Å². The van der Waals surface area contributed by atoms with Gasteiger partial charge in [-0.2, -0.15) is 0 Å². The van der Waals surface area contributed by atoms with Gasteiger partial charge in [-0.3, -0.25) is 9.59 Å². The lowest BCUT2D eigenvalue weighted by molar-refractivity contribution is -0.120. The molecule has 0 saturated carbocycles. The van der Waals surface area contributed by atoms with E-state index >= 15 is 0 Å². The molecule has 0 spiro atoms. The molecule has 3 N–H and O–H groups in total. The van der Waals surface area contributed by atoms with Gasteiger partial charge in [-0.25, -0.2) is 0 Å². The molecule has 0 aromatic heterocycles. The van der Waals surface area contributed by atoms with Crippen molar-refractivity contribution >= 4 is 46.4 Å². The van der Waals surface area contributed by atoms with E-state index in [1.54, 1.807) is 30.3 Å². The maximum atomic E-state index is 12.5. The van der Waals surface area contributed by atoms with Crippen molar-refractivity contribution in [3.8, 4) is 5.75 Å². The van der Waals surface area contributed by atoms with Crippen molar-refractivity contribution in [1.82, 2.24) is 0 Å². The summed E-state index contributed by atoms with van der Waals surface area (Å²) in [5.41, 5.74) is 1.30. The van der Waals surface area contributed by atoms with E-state index < -0.39 is 0 Å². The van der Waals surface area contributed by atoms with Crippen molar-refractivity contribution in [1.29, 1.82) is 0 Å². The van der Waals surface area contributed by atoms with Gasteiger partial charge in [0.25, 0.3) is 0 Å². The highest BCUT2D eigenvalue weighted by molar-refractivity contribution is 6.35. The molecule has 0 saturated heterocycles. The maximum absolute atomic E-state index is 12.5. The second-order valence-corrected chi connectivity index (χ2v) is 7.73. The minimum atomic E-state index is -0.305. The maximum Gasteiger partial charge on any atom is 0.228 e. The lowest BCUT2D eigenvalue weighted by atomic mass is 9.98. The summed E-state index contributed by atoms with van der Waals surface area (Å²) in [6, 6.07) is 10.0. The fourth-order valence-corrected chi connectivity index (χ4v) is 3.29. The number of halogens is 2. The summed E-state index contributed by atoms with van der Waals surface area (Å²) in [4.78, 5) is 24.7. The molecular weight excluding hydrogens is 411 g/mol. The Labute approximate surface area is 181 Å². The molecule has 0 radical (unpaired) electrons. The summed E-state index contributed by atoms with van der Waals surface area (Å²) >= 11 is 12.1. The van der Waals surface area contributed by atoms with Gasteiger partial charge < -0.3 is 15.7 Å². The Morgan fingerprint density at radius 1 is 1.00 bits per heavy atom. The van der Waals surface area contributed by atoms with E-state index in [1.807, 2.05) is 6.92 Å². The van der Waals surface area contributed by atoms with Gasteiger partial charge in [0, 0.05) is 10.9 Å². The fraction of sp³-hybridized carbons (Fsp3) is 0.364. The number of anilines is 2. The van der Waals surface area contributed by atoms with Gasteiger partial charge in [0.2, 0.25) is 11.8 Å². The molecule has 5 nitrogen and oxygen atoms in total. The molecule has 2 aromatic carbocycles.